The Hall–Kier alpha value is -3.66. The normalized spacial score (nSPS) is 15.0. The first-order valence-electron chi connectivity index (χ1n) is 11.7. The van der Waals surface area contributed by atoms with Crippen molar-refractivity contribution in [3.8, 4) is 22.6 Å². The van der Waals surface area contributed by atoms with Crippen molar-refractivity contribution in [2.75, 3.05) is 37.9 Å². The highest BCUT2D eigenvalue weighted by Crippen LogP contribution is 2.34. The van der Waals surface area contributed by atoms with Crippen molar-refractivity contribution in [3.05, 3.63) is 65.1 Å². The Morgan fingerprint density at radius 1 is 1.11 bits per heavy atom. The summed E-state index contributed by atoms with van der Waals surface area (Å²) in [6, 6.07) is 10.2. The van der Waals surface area contributed by atoms with Gasteiger partial charge in [-0.15, -0.1) is 0 Å². The summed E-state index contributed by atoms with van der Waals surface area (Å²) >= 11 is 0. The van der Waals surface area contributed by atoms with Gasteiger partial charge >= 0.3 is 0 Å². The van der Waals surface area contributed by atoms with Gasteiger partial charge < -0.3 is 19.7 Å². The summed E-state index contributed by atoms with van der Waals surface area (Å²) in [6.45, 7) is 3.82. The highest BCUT2D eigenvalue weighted by Gasteiger charge is 2.27. The van der Waals surface area contributed by atoms with Gasteiger partial charge in [0.2, 0.25) is 0 Å². The van der Waals surface area contributed by atoms with Gasteiger partial charge in [0.15, 0.2) is 21.4 Å². The lowest BCUT2D eigenvalue weighted by Crippen LogP contribution is -2.33. The molecule has 3 aromatic rings. The zero-order chi connectivity index (χ0) is 25.4. The van der Waals surface area contributed by atoms with E-state index in [0.717, 1.165) is 29.0 Å². The summed E-state index contributed by atoms with van der Waals surface area (Å²) in [5.41, 5.74) is 2.82. The Kier molecular flexibility index (Phi) is 6.29. The molecule has 2 aliphatic rings. The van der Waals surface area contributed by atoms with Crippen LogP contribution in [0.25, 0.3) is 11.1 Å². The molecule has 188 valence electrons. The van der Waals surface area contributed by atoms with Crippen LogP contribution in [0.5, 0.6) is 11.5 Å². The molecule has 1 aromatic heterocycles. The van der Waals surface area contributed by atoms with Crippen LogP contribution in [-0.2, 0) is 22.8 Å². The van der Waals surface area contributed by atoms with Crippen LogP contribution in [-0.4, -0.2) is 56.8 Å². The quantitative estimate of drug-likeness (QED) is 0.571. The molecule has 0 fully saturated rings. The van der Waals surface area contributed by atoms with Crippen LogP contribution in [0.4, 0.5) is 10.2 Å². The Balaban J connectivity index is 1.46. The van der Waals surface area contributed by atoms with Crippen molar-refractivity contribution in [3.63, 3.8) is 0 Å². The van der Waals surface area contributed by atoms with Gasteiger partial charge in [-0.25, -0.2) is 17.8 Å². The van der Waals surface area contributed by atoms with Gasteiger partial charge in [0, 0.05) is 41.3 Å². The van der Waals surface area contributed by atoms with Crippen LogP contribution in [0, 0.1) is 5.82 Å². The largest absolute Gasteiger partial charge is 0.491 e. The lowest BCUT2D eigenvalue weighted by atomic mass is 10.0. The summed E-state index contributed by atoms with van der Waals surface area (Å²) in [4.78, 5) is 19.1. The first-order chi connectivity index (χ1) is 17.3. The summed E-state index contributed by atoms with van der Waals surface area (Å²) < 4.78 is 50.5. The van der Waals surface area contributed by atoms with Gasteiger partial charge in [-0.3, -0.25) is 4.79 Å². The summed E-state index contributed by atoms with van der Waals surface area (Å²) in [5, 5.41) is 3.20. The molecule has 8 nitrogen and oxygen atoms in total. The number of carbonyl (C=O) groups is 1. The SMILES string of the molecule is CCc1c(C(=O)N2CCOc3ccc(-c4cnc5c(c4)OCCN5)cc3C2)ccc(S(C)(=O)=O)c1F. The van der Waals surface area contributed by atoms with E-state index in [4.69, 9.17) is 9.47 Å². The second-order valence-electron chi connectivity index (χ2n) is 8.77. The van der Waals surface area contributed by atoms with Crippen molar-refractivity contribution >= 4 is 21.6 Å². The fourth-order valence-electron chi connectivity index (χ4n) is 4.53. The van der Waals surface area contributed by atoms with Crippen LogP contribution in [0.1, 0.15) is 28.4 Å². The third-order valence-corrected chi connectivity index (χ3v) is 7.47. The molecular weight excluding hydrogens is 485 g/mol. The minimum atomic E-state index is -3.75. The van der Waals surface area contributed by atoms with E-state index in [1.54, 1.807) is 18.0 Å². The smallest absolute Gasteiger partial charge is 0.254 e. The molecule has 2 aliphatic heterocycles. The van der Waals surface area contributed by atoms with Crippen LogP contribution < -0.4 is 14.8 Å². The van der Waals surface area contributed by atoms with E-state index in [0.29, 0.717) is 37.0 Å². The van der Waals surface area contributed by atoms with Crippen LogP contribution >= 0.6 is 0 Å². The van der Waals surface area contributed by atoms with Gasteiger partial charge in [0.05, 0.1) is 13.1 Å². The Morgan fingerprint density at radius 2 is 1.92 bits per heavy atom. The molecule has 0 saturated heterocycles. The number of carbonyl (C=O) groups excluding carboxylic acids is 1. The maximum atomic E-state index is 15.0. The first-order valence-corrected chi connectivity index (χ1v) is 13.6. The second kappa shape index (κ2) is 9.42. The van der Waals surface area contributed by atoms with Crippen molar-refractivity contribution in [1.82, 2.24) is 9.88 Å². The number of aromatic nitrogens is 1. The lowest BCUT2D eigenvalue weighted by Gasteiger charge is -2.22. The highest BCUT2D eigenvalue weighted by molar-refractivity contribution is 7.90. The number of benzene rings is 2. The number of anilines is 1. The molecule has 36 heavy (non-hydrogen) atoms. The summed E-state index contributed by atoms with van der Waals surface area (Å²) in [6.07, 6.45) is 2.90. The zero-order valence-corrected chi connectivity index (χ0v) is 20.8. The van der Waals surface area contributed by atoms with E-state index in [-0.39, 0.29) is 36.6 Å². The van der Waals surface area contributed by atoms with Gasteiger partial charge in [-0.2, -0.15) is 0 Å². The number of pyridine rings is 1. The maximum absolute atomic E-state index is 15.0. The number of sulfone groups is 1. The molecule has 1 N–H and O–H groups in total. The third kappa shape index (κ3) is 4.48. The van der Waals surface area contributed by atoms with Crippen molar-refractivity contribution in [2.24, 2.45) is 0 Å². The molecule has 0 radical (unpaired) electrons. The van der Waals surface area contributed by atoms with Gasteiger partial charge in [-0.05, 0) is 42.3 Å². The maximum Gasteiger partial charge on any atom is 0.254 e. The molecule has 3 heterocycles. The number of nitrogens with one attached hydrogen (secondary N) is 1. The minimum absolute atomic E-state index is 0.0933. The number of amides is 1. The molecule has 0 saturated carbocycles. The summed E-state index contributed by atoms with van der Waals surface area (Å²) in [7, 11) is -3.75. The fourth-order valence-corrected chi connectivity index (χ4v) is 5.29. The molecule has 0 bridgehead atoms. The number of rotatable bonds is 4. The fraction of sp³-hybridized carbons (Fsp3) is 0.308. The number of hydrogen-bond donors (Lipinski definition) is 1. The number of halogens is 1. The van der Waals surface area contributed by atoms with Crippen molar-refractivity contribution in [1.29, 1.82) is 0 Å². The van der Waals surface area contributed by atoms with E-state index >= 15 is 4.39 Å². The summed E-state index contributed by atoms with van der Waals surface area (Å²) in [5.74, 6) is 0.833. The van der Waals surface area contributed by atoms with Gasteiger partial charge in [0.1, 0.15) is 29.7 Å². The topological polar surface area (TPSA) is 97.8 Å². The monoisotopic (exact) mass is 511 g/mol. The first kappa shape index (κ1) is 24.1. The van der Waals surface area contributed by atoms with E-state index in [9.17, 15) is 13.2 Å². The Morgan fingerprint density at radius 3 is 2.69 bits per heavy atom. The molecule has 1 amide bonds. The molecule has 0 spiro atoms. The number of ether oxygens (including phenoxy) is 2. The molecule has 5 rings (SSSR count). The van der Waals surface area contributed by atoms with E-state index in [2.05, 4.69) is 10.3 Å². The van der Waals surface area contributed by atoms with E-state index < -0.39 is 20.5 Å². The molecule has 10 heteroatoms. The van der Waals surface area contributed by atoms with Gasteiger partial charge in [0.25, 0.3) is 5.91 Å². The molecular formula is C26H26FN3O5S. The number of fused-ring (bicyclic) bond motifs is 2. The molecule has 2 aromatic carbocycles. The third-order valence-electron chi connectivity index (χ3n) is 6.36. The van der Waals surface area contributed by atoms with Crippen LogP contribution in [0.2, 0.25) is 0 Å². The highest BCUT2D eigenvalue weighted by atomic mass is 32.2. The number of nitrogens with zero attached hydrogens (tertiary/aromatic N) is 2. The lowest BCUT2D eigenvalue weighted by molar-refractivity contribution is 0.0731. The molecule has 0 atom stereocenters. The average molecular weight is 512 g/mol. The minimum Gasteiger partial charge on any atom is -0.491 e. The second-order valence-corrected chi connectivity index (χ2v) is 10.8. The molecule has 0 unspecified atom stereocenters. The average Bonchev–Trinajstić information content (AvgIpc) is 3.09. The van der Waals surface area contributed by atoms with Gasteiger partial charge in [-0.1, -0.05) is 13.0 Å². The standard InChI is InChI=1S/C26H26FN3O5S/c1-3-19-20(5-7-23(24(19)27)36(2,32)33)26(31)30-9-11-35-21-6-4-16(12-18(21)15-30)17-13-22-25(29-14-17)28-8-10-34-22/h4-7,12-14H,3,8-11,15H2,1-2H3,(H,28,29). The van der Waals surface area contributed by atoms with Crippen LogP contribution in [0.3, 0.4) is 0 Å². The predicted octanol–water partition coefficient (Wildman–Crippen LogP) is 3.69. The Labute approximate surface area is 209 Å². The zero-order valence-electron chi connectivity index (χ0n) is 20.0. The number of hydrogen-bond acceptors (Lipinski definition) is 7. The predicted molar refractivity (Wildman–Crippen MR) is 133 cm³/mol. The van der Waals surface area contributed by atoms with E-state index in [1.807, 2.05) is 24.3 Å². The van der Waals surface area contributed by atoms with Crippen molar-refractivity contribution in [2.45, 2.75) is 24.8 Å². The van der Waals surface area contributed by atoms with E-state index in [1.165, 1.54) is 6.07 Å². The van der Waals surface area contributed by atoms with Crippen LogP contribution in [0.15, 0.2) is 47.5 Å². The molecule has 0 aliphatic carbocycles. The Bertz CT molecular complexity index is 1460. The van der Waals surface area contributed by atoms with Crippen molar-refractivity contribution < 1.29 is 27.1 Å².